The van der Waals surface area contributed by atoms with E-state index in [0.717, 1.165) is 45.5 Å². The molecular formula is C90H68N4. The lowest BCUT2D eigenvalue weighted by molar-refractivity contribution is 1.21. The molecule has 0 aliphatic heterocycles. The van der Waals surface area contributed by atoms with E-state index in [1.807, 2.05) is 0 Å². The summed E-state index contributed by atoms with van der Waals surface area (Å²) in [6.45, 7) is 0. The fourth-order valence-electron chi connectivity index (χ4n) is 13.0. The Labute approximate surface area is 551 Å². The summed E-state index contributed by atoms with van der Waals surface area (Å²) in [6, 6.07) is 135. The van der Waals surface area contributed by atoms with E-state index in [9.17, 15) is 0 Å². The lowest BCUT2D eigenvalue weighted by Gasteiger charge is -2.26. The summed E-state index contributed by atoms with van der Waals surface area (Å²) in [7, 11) is 4.30. The van der Waals surface area contributed by atoms with E-state index < -0.39 is 0 Å². The van der Waals surface area contributed by atoms with Crippen LogP contribution in [0.15, 0.2) is 376 Å². The molecule has 0 atom stereocenters. The Morgan fingerprint density at radius 3 is 0.777 bits per heavy atom. The van der Waals surface area contributed by atoms with Gasteiger partial charge in [-0.2, -0.15) is 0 Å². The first-order chi connectivity index (χ1) is 46.4. The minimum absolute atomic E-state index is 1.12. The van der Waals surface area contributed by atoms with E-state index in [-0.39, 0.29) is 0 Å². The van der Waals surface area contributed by atoms with Crippen LogP contribution in [-0.4, -0.2) is 14.1 Å². The second-order valence-corrected chi connectivity index (χ2v) is 23.9. The van der Waals surface area contributed by atoms with Crippen molar-refractivity contribution in [3.8, 4) is 44.5 Å². The van der Waals surface area contributed by atoms with Gasteiger partial charge in [-0.15, -0.1) is 0 Å². The van der Waals surface area contributed by atoms with E-state index in [4.69, 9.17) is 0 Å². The van der Waals surface area contributed by atoms with Crippen LogP contribution in [-0.2, 0) is 0 Å². The Bertz CT molecular complexity index is 5160. The van der Waals surface area contributed by atoms with Crippen LogP contribution in [0.25, 0.3) is 87.6 Å². The molecule has 0 heterocycles. The molecule has 0 fully saturated rings. The van der Waals surface area contributed by atoms with Gasteiger partial charge in [-0.3, -0.25) is 0 Å². The standard InChI is InChI=1S/2C45H34N2/c1-46(45-43-18-10-8-14-37(43)32-38-15-9-11-19-44(38)45)39-26-20-35(21-27-39)36-24-30-42(31-25-36)47(40-16-6-3-7-17-40)41-28-22-34(23-29-41)33-12-4-2-5-13-33;1-46(45-29-22-39-30-37-12-8-9-13-38(37)31-40(39)32-45)41-23-16-35(17-24-41)36-20-27-44(28-21-36)47(42-14-6-3-7-15-42)43-25-18-34(19-26-43)33-10-4-2-5-11-33/h2*2-32H,1H3. The van der Waals surface area contributed by atoms with Crippen molar-refractivity contribution in [2.75, 3.05) is 33.7 Å². The number of benzene rings is 16. The van der Waals surface area contributed by atoms with Gasteiger partial charge in [-0.05, 0) is 204 Å². The number of hydrogen-bond acceptors (Lipinski definition) is 4. The van der Waals surface area contributed by atoms with E-state index >= 15 is 0 Å². The maximum atomic E-state index is 2.32. The van der Waals surface area contributed by atoms with Crippen LogP contribution in [0.5, 0.6) is 0 Å². The summed E-state index contributed by atoms with van der Waals surface area (Å²) in [6.07, 6.45) is 0. The molecule has 16 rings (SSSR count). The van der Waals surface area contributed by atoms with E-state index in [0.29, 0.717) is 0 Å². The third-order valence-corrected chi connectivity index (χ3v) is 18.1. The van der Waals surface area contributed by atoms with E-state index in [2.05, 4.69) is 410 Å². The molecular weight excluding hydrogens is 1140 g/mol. The molecule has 0 amide bonds. The molecule has 448 valence electrons. The van der Waals surface area contributed by atoms with Gasteiger partial charge in [0.15, 0.2) is 0 Å². The zero-order valence-electron chi connectivity index (χ0n) is 52.6. The molecule has 0 aliphatic carbocycles. The molecule has 0 radical (unpaired) electrons. The minimum Gasteiger partial charge on any atom is -0.345 e. The van der Waals surface area contributed by atoms with Crippen LogP contribution in [0.1, 0.15) is 0 Å². The number of hydrogen-bond donors (Lipinski definition) is 0. The molecule has 0 unspecified atom stereocenters. The zero-order chi connectivity index (χ0) is 63.2. The molecule has 0 N–H and O–H groups in total. The molecule has 0 saturated carbocycles. The third-order valence-electron chi connectivity index (χ3n) is 18.1. The molecule has 4 heteroatoms. The molecule has 0 bridgehead atoms. The normalized spacial score (nSPS) is 11.1. The first-order valence-electron chi connectivity index (χ1n) is 32.2. The highest BCUT2D eigenvalue weighted by Crippen LogP contribution is 2.42. The summed E-state index contributed by atoms with van der Waals surface area (Å²) >= 11 is 0. The highest BCUT2D eigenvalue weighted by atomic mass is 15.1. The Balaban J connectivity index is 0.000000155. The molecule has 0 saturated heterocycles. The van der Waals surface area contributed by atoms with Crippen molar-refractivity contribution in [2.24, 2.45) is 0 Å². The summed E-state index contributed by atoms with van der Waals surface area (Å²) in [4.78, 5) is 9.19. The molecule has 16 aromatic carbocycles. The quantitative estimate of drug-likeness (QED) is 0.101. The van der Waals surface area contributed by atoms with Crippen molar-refractivity contribution in [3.63, 3.8) is 0 Å². The predicted octanol–water partition coefficient (Wildman–Crippen LogP) is 25.1. The topological polar surface area (TPSA) is 13.0 Å². The number of anilines is 10. The second kappa shape index (κ2) is 26.3. The second-order valence-electron chi connectivity index (χ2n) is 23.9. The van der Waals surface area contributed by atoms with Gasteiger partial charge < -0.3 is 19.6 Å². The zero-order valence-corrected chi connectivity index (χ0v) is 52.6. The number of para-hydroxylation sites is 2. The largest absolute Gasteiger partial charge is 0.345 e. The average Bonchev–Trinajstić information content (AvgIpc) is 0.782. The van der Waals surface area contributed by atoms with E-state index in [1.54, 1.807) is 0 Å². The van der Waals surface area contributed by atoms with Crippen molar-refractivity contribution < 1.29 is 0 Å². The molecule has 0 spiro atoms. The smallest absolute Gasteiger partial charge is 0.0567 e. The van der Waals surface area contributed by atoms with Gasteiger partial charge >= 0.3 is 0 Å². The van der Waals surface area contributed by atoms with Crippen molar-refractivity contribution in [2.45, 2.75) is 0 Å². The Kier molecular flexibility index (Phi) is 16.3. The minimum atomic E-state index is 1.12. The summed E-state index contributed by atoms with van der Waals surface area (Å²) in [5.74, 6) is 0. The van der Waals surface area contributed by atoms with Crippen molar-refractivity contribution >= 4 is 100.0 Å². The molecule has 0 aliphatic rings. The van der Waals surface area contributed by atoms with Gasteiger partial charge in [0.05, 0.1) is 5.69 Å². The Hall–Kier alpha value is -12.2. The molecule has 0 aromatic heterocycles. The summed E-state index contributed by atoms with van der Waals surface area (Å²) in [5, 5.41) is 10.1. The lowest BCUT2D eigenvalue weighted by atomic mass is 9.99. The van der Waals surface area contributed by atoms with Crippen LogP contribution in [0.3, 0.4) is 0 Å². The molecule has 94 heavy (non-hydrogen) atoms. The van der Waals surface area contributed by atoms with Gasteiger partial charge in [0.2, 0.25) is 0 Å². The molecule has 4 nitrogen and oxygen atoms in total. The van der Waals surface area contributed by atoms with Crippen LogP contribution < -0.4 is 19.6 Å². The molecule has 16 aromatic rings. The van der Waals surface area contributed by atoms with Crippen molar-refractivity contribution in [1.29, 1.82) is 0 Å². The van der Waals surface area contributed by atoms with Crippen LogP contribution >= 0.6 is 0 Å². The van der Waals surface area contributed by atoms with Gasteiger partial charge in [0.25, 0.3) is 0 Å². The summed E-state index contributed by atoms with van der Waals surface area (Å²) < 4.78 is 0. The fraction of sp³-hybridized carbons (Fsp3) is 0.0222. The predicted molar refractivity (Wildman–Crippen MR) is 403 cm³/mol. The number of rotatable bonds is 14. The van der Waals surface area contributed by atoms with Gasteiger partial charge in [-0.1, -0.05) is 249 Å². The maximum Gasteiger partial charge on any atom is 0.0567 e. The van der Waals surface area contributed by atoms with Gasteiger partial charge in [0, 0.05) is 76.1 Å². The van der Waals surface area contributed by atoms with Crippen LogP contribution in [0.2, 0.25) is 0 Å². The maximum absolute atomic E-state index is 2.32. The third kappa shape index (κ3) is 12.2. The highest BCUT2D eigenvalue weighted by Gasteiger charge is 2.18. The highest BCUT2D eigenvalue weighted by molar-refractivity contribution is 6.12. The van der Waals surface area contributed by atoms with Crippen molar-refractivity contribution in [1.82, 2.24) is 0 Å². The fourth-order valence-corrected chi connectivity index (χ4v) is 13.0. The van der Waals surface area contributed by atoms with Crippen LogP contribution in [0.4, 0.5) is 56.9 Å². The van der Waals surface area contributed by atoms with Crippen LogP contribution in [0, 0.1) is 0 Å². The first-order valence-corrected chi connectivity index (χ1v) is 32.2. The monoisotopic (exact) mass is 1200 g/mol. The van der Waals surface area contributed by atoms with Gasteiger partial charge in [0.1, 0.15) is 0 Å². The summed E-state index contributed by atoms with van der Waals surface area (Å²) in [5.41, 5.74) is 21.1. The Morgan fingerprint density at radius 2 is 0.404 bits per heavy atom. The van der Waals surface area contributed by atoms with E-state index in [1.165, 1.54) is 99.0 Å². The Morgan fingerprint density at radius 1 is 0.160 bits per heavy atom. The van der Waals surface area contributed by atoms with Gasteiger partial charge in [-0.25, -0.2) is 0 Å². The lowest BCUT2D eigenvalue weighted by Crippen LogP contribution is -2.10. The SMILES string of the molecule is CN(c1ccc(-c2ccc(N(c3ccccc3)c3ccc(-c4ccccc4)cc3)cc2)cc1)c1c2ccccc2cc2ccccc12.CN(c1ccc(-c2ccc(N(c3ccccc3)c3ccc(-c4ccccc4)cc3)cc2)cc1)c1ccc2cc3ccccc3cc2c1. The number of fused-ring (bicyclic) bond motifs is 4. The first kappa shape index (κ1) is 58.2. The number of nitrogens with zero attached hydrogens (tertiary/aromatic N) is 4. The average molecular weight is 1210 g/mol. The van der Waals surface area contributed by atoms with Crippen molar-refractivity contribution in [3.05, 3.63) is 376 Å².